The highest BCUT2D eigenvalue weighted by molar-refractivity contribution is 6.09. The van der Waals surface area contributed by atoms with Crippen LogP contribution in [0.1, 0.15) is 29.9 Å². The summed E-state index contributed by atoms with van der Waals surface area (Å²) >= 11 is 0. The number of benzene rings is 2. The molecule has 26 heavy (non-hydrogen) atoms. The molecule has 2 aromatic heterocycles. The van der Waals surface area contributed by atoms with Crippen LogP contribution in [0.2, 0.25) is 0 Å². The molecule has 0 atom stereocenters. The zero-order valence-electron chi connectivity index (χ0n) is 14.9. The molecule has 0 saturated carbocycles. The van der Waals surface area contributed by atoms with E-state index >= 15 is 0 Å². The van der Waals surface area contributed by atoms with E-state index in [-0.39, 0.29) is 11.9 Å². The molecule has 0 spiro atoms. The van der Waals surface area contributed by atoms with Gasteiger partial charge in [0.1, 0.15) is 5.69 Å². The summed E-state index contributed by atoms with van der Waals surface area (Å²) in [6, 6.07) is 18.3. The van der Waals surface area contributed by atoms with Crippen molar-refractivity contribution < 1.29 is 4.79 Å². The Morgan fingerprint density at radius 1 is 1.08 bits per heavy atom. The first-order valence-corrected chi connectivity index (χ1v) is 8.84. The van der Waals surface area contributed by atoms with Gasteiger partial charge in [-0.25, -0.2) is 0 Å². The number of H-pyrrole nitrogens is 1. The van der Waals surface area contributed by atoms with Crippen LogP contribution in [0.15, 0.2) is 67.0 Å². The molecule has 1 amide bonds. The minimum absolute atomic E-state index is 0.00383. The molecular formula is C22H21N3O. The highest BCUT2D eigenvalue weighted by Gasteiger charge is 2.21. The monoisotopic (exact) mass is 343 g/mol. The molecule has 0 saturated heterocycles. The molecule has 0 aliphatic heterocycles. The molecule has 4 rings (SSSR count). The third-order valence-electron chi connectivity index (χ3n) is 4.72. The Balaban J connectivity index is 1.72. The number of aromatic nitrogens is 2. The molecule has 0 unspecified atom stereocenters. The molecule has 0 aliphatic carbocycles. The smallest absolute Gasteiger partial charge is 0.270 e. The zero-order chi connectivity index (χ0) is 18.1. The summed E-state index contributed by atoms with van der Waals surface area (Å²) in [4.78, 5) is 22.5. The van der Waals surface area contributed by atoms with Gasteiger partial charge in [0.2, 0.25) is 0 Å². The van der Waals surface area contributed by atoms with Gasteiger partial charge in [0.25, 0.3) is 5.91 Å². The van der Waals surface area contributed by atoms with E-state index in [4.69, 9.17) is 0 Å². The van der Waals surface area contributed by atoms with Crippen LogP contribution in [0, 0.1) is 0 Å². The van der Waals surface area contributed by atoms with Gasteiger partial charge < -0.3 is 9.88 Å². The van der Waals surface area contributed by atoms with Gasteiger partial charge >= 0.3 is 0 Å². The van der Waals surface area contributed by atoms with Gasteiger partial charge in [-0.15, -0.1) is 0 Å². The molecule has 1 N–H and O–H groups in total. The number of hydrogen-bond acceptors (Lipinski definition) is 2. The lowest BCUT2D eigenvalue weighted by atomic mass is 10.1. The molecule has 4 nitrogen and oxygen atoms in total. The van der Waals surface area contributed by atoms with Crippen molar-refractivity contribution in [3.05, 3.63) is 78.2 Å². The predicted octanol–water partition coefficient (Wildman–Crippen LogP) is 4.77. The fourth-order valence-electron chi connectivity index (χ4n) is 3.33. The maximum atomic E-state index is 13.2. The van der Waals surface area contributed by atoms with E-state index in [2.05, 4.69) is 28.2 Å². The largest absolute Gasteiger partial charge is 0.351 e. The normalized spacial score (nSPS) is 11.3. The second kappa shape index (κ2) is 6.64. The van der Waals surface area contributed by atoms with Crippen LogP contribution in [0.4, 0.5) is 0 Å². The van der Waals surface area contributed by atoms with Crippen LogP contribution in [0.5, 0.6) is 0 Å². The third kappa shape index (κ3) is 2.94. The summed E-state index contributed by atoms with van der Waals surface area (Å²) in [5, 5.41) is 3.41. The van der Waals surface area contributed by atoms with Crippen molar-refractivity contribution in [2.24, 2.45) is 0 Å². The van der Waals surface area contributed by atoms with Crippen LogP contribution < -0.4 is 0 Å². The molecule has 0 bridgehead atoms. The van der Waals surface area contributed by atoms with E-state index in [9.17, 15) is 4.79 Å². The molecule has 4 aromatic rings. The van der Waals surface area contributed by atoms with E-state index in [1.54, 1.807) is 12.4 Å². The molecule has 130 valence electrons. The van der Waals surface area contributed by atoms with Crippen molar-refractivity contribution in [3.8, 4) is 0 Å². The van der Waals surface area contributed by atoms with Gasteiger partial charge in [-0.05, 0) is 48.4 Å². The van der Waals surface area contributed by atoms with E-state index in [0.717, 1.165) is 21.9 Å². The lowest BCUT2D eigenvalue weighted by Crippen LogP contribution is -2.36. The third-order valence-corrected chi connectivity index (χ3v) is 4.72. The molecule has 2 aromatic carbocycles. The van der Waals surface area contributed by atoms with Gasteiger partial charge in [-0.2, -0.15) is 0 Å². The van der Waals surface area contributed by atoms with E-state index in [1.165, 1.54) is 5.39 Å². The number of nitrogens with one attached hydrogen (secondary N) is 1. The van der Waals surface area contributed by atoms with Gasteiger partial charge in [0.05, 0.1) is 0 Å². The maximum Gasteiger partial charge on any atom is 0.270 e. The second-order valence-electron chi connectivity index (χ2n) is 6.82. The first kappa shape index (κ1) is 16.3. The Morgan fingerprint density at radius 3 is 2.69 bits per heavy atom. The van der Waals surface area contributed by atoms with Gasteiger partial charge in [-0.3, -0.25) is 9.78 Å². The molecule has 0 fully saturated rings. The molecular weight excluding hydrogens is 322 g/mol. The molecule has 4 heteroatoms. The van der Waals surface area contributed by atoms with E-state index in [1.807, 2.05) is 55.1 Å². The van der Waals surface area contributed by atoms with Crippen LogP contribution >= 0.6 is 0 Å². The quantitative estimate of drug-likeness (QED) is 0.580. The number of aromatic amines is 1. The summed E-state index contributed by atoms with van der Waals surface area (Å²) in [6.45, 7) is 4.61. The average Bonchev–Trinajstić information content (AvgIpc) is 3.11. The van der Waals surface area contributed by atoms with Crippen molar-refractivity contribution in [1.82, 2.24) is 14.9 Å². The first-order valence-electron chi connectivity index (χ1n) is 8.84. The number of hydrogen-bond donors (Lipinski definition) is 1. The summed E-state index contributed by atoms with van der Waals surface area (Å²) in [6.07, 6.45) is 3.55. The topological polar surface area (TPSA) is 49.0 Å². The predicted molar refractivity (Wildman–Crippen MR) is 105 cm³/mol. The van der Waals surface area contributed by atoms with Gasteiger partial charge in [-0.1, -0.05) is 36.4 Å². The fourth-order valence-corrected chi connectivity index (χ4v) is 3.33. The number of fused-ring (bicyclic) bond motifs is 3. The number of rotatable bonds is 4. The minimum atomic E-state index is 0.00383. The second-order valence-corrected chi connectivity index (χ2v) is 6.82. The number of nitrogens with zero attached hydrogens (tertiary/aromatic N) is 2. The number of carbonyl (C=O) groups excluding carboxylic acids is 1. The van der Waals surface area contributed by atoms with Crippen molar-refractivity contribution >= 4 is 27.6 Å². The summed E-state index contributed by atoms with van der Waals surface area (Å²) < 4.78 is 0. The van der Waals surface area contributed by atoms with Crippen LogP contribution in [0.25, 0.3) is 21.7 Å². The number of amides is 1. The average molecular weight is 343 g/mol. The molecule has 0 radical (unpaired) electrons. The summed E-state index contributed by atoms with van der Waals surface area (Å²) in [5.74, 6) is 0.00383. The van der Waals surface area contributed by atoms with Crippen molar-refractivity contribution in [2.75, 3.05) is 0 Å². The van der Waals surface area contributed by atoms with Gasteiger partial charge in [0.15, 0.2) is 0 Å². The Morgan fingerprint density at radius 2 is 1.92 bits per heavy atom. The van der Waals surface area contributed by atoms with Crippen LogP contribution in [0.3, 0.4) is 0 Å². The van der Waals surface area contributed by atoms with E-state index in [0.29, 0.717) is 12.2 Å². The lowest BCUT2D eigenvalue weighted by Gasteiger charge is -2.26. The Hall–Kier alpha value is -3.14. The molecule has 2 heterocycles. The van der Waals surface area contributed by atoms with Crippen LogP contribution in [-0.2, 0) is 6.54 Å². The summed E-state index contributed by atoms with van der Waals surface area (Å²) in [7, 11) is 0. The highest BCUT2D eigenvalue weighted by Crippen LogP contribution is 2.26. The standard InChI is InChI=1S/C22H21N3O/c1-15(2)25(14-16-6-5-11-23-13-16)22(26)21-12-19-18-8-4-3-7-17(18)9-10-20(19)24-21/h3-13,15,24H,14H2,1-2H3. The van der Waals surface area contributed by atoms with Gasteiger partial charge in [0, 0.05) is 35.9 Å². The van der Waals surface area contributed by atoms with Crippen LogP contribution in [-0.4, -0.2) is 26.8 Å². The Kier molecular flexibility index (Phi) is 4.17. The van der Waals surface area contributed by atoms with E-state index < -0.39 is 0 Å². The van der Waals surface area contributed by atoms with Crippen molar-refractivity contribution in [3.63, 3.8) is 0 Å². The van der Waals surface area contributed by atoms with Crippen molar-refractivity contribution in [2.45, 2.75) is 26.4 Å². The maximum absolute atomic E-state index is 13.2. The number of carbonyl (C=O) groups is 1. The summed E-state index contributed by atoms with van der Waals surface area (Å²) in [5.41, 5.74) is 2.63. The number of pyridine rings is 1. The SMILES string of the molecule is CC(C)N(Cc1cccnc1)C(=O)c1cc2c(ccc3ccccc32)[nH]1. The first-order chi connectivity index (χ1) is 12.6. The zero-order valence-corrected chi connectivity index (χ0v) is 14.9. The Labute approximate surface area is 152 Å². The Bertz CT molecular complexity index is 1070. The molecule has 0 aliphatic rings. The highest BCUT2D eigenvalue weighted by atomic mass is 16.2. The lowest BCUT2D eigenvalue weighted by molar-refractivity contribution is 0.0685. The minimum Gasteiger partial charge on any atom is -0.351 e. The fraction of sp³-hybridized carbons (Fsp3) is 0.182. The van der Waals surface area contributed by atoms with Crippen molar-refractivity contribution in [1.29, 1.82) is 0 Å².